The summed E-state index contributed by atoms with van der Waals surface area (Å²) in [6, 6.07) is 6.56. The predicted octanol–water partition coefficient (Wildman–Crippen LogP) is 2.12. The molecule has 3 amide bonds. The second-order valence-corrected chi connectivity index (χ2v) is 7.46. The number of rotatable bonds is 6. The molecule has 8 heteroatoms. The fourth-order valence-corrected chi connectivity index (χ4v) is 3.73. The zero-order valence-electron chi connectivity index (χ0n) is 17.1. The highest BCUT2D eigenvalue weighted by Gasteiger charge is 2.52. The Labute approximate surface area is 175 Å². The largest absolute Gasteiger partial charge is 0.387 e. The summed E-state index contributed by atoms with van der Waals surface area (Å²) in [4.78, 5) is 43.5. The first-order valence-electron chi connectivity index (χ1n) is 9.93. The standard InChI is InChI=1S/C22H26N4O4/c1-3-5-10-20(28)26-14-22(13-18(26)21(23)29)12-17(25-30-22)15-8-6-9-16(11-15)24-19(27)7-4-2/h4-11,18H,3,12-14H2,1-2H3,(H2,23,29)(H,24,27)/b7-4-,10-5+/t18-,22?/m1/s1. The van der Waals surface area contributed by atoms with E-state index >= 15 is 0 Å². The van der Waals surface area contributed by atoms with Crippen molar-refractivity contribution >= 4 is 29.1 Å². The van der Waals surface area contributed by atoms with Gasteiger partial charge < -0.3 is 20.8 Å². The van der Waals surface area contributed by atoms with Crippen LogP contribution >= 0.6 is 0 Å². The molecule has 1 aromatic carbocycles. The van der Waals surface area contributed by atoms with E-state index < -0.39 is 17.6 Å². The summed E-state index contributed by atoms with van der Waals surface area (Å²) >= 11 is 0. The number of oxime groups is 1. The van der Waals surface area contributed by atoms with E-state index in [0.29, 0.717) is 24.2 Å². The van der Waals surface area contributed by atoms with Crippen LogP contribution < -0.4 is 11.1 Å². The quantitative estimate of drug-likeness (QED) is 0.699. The number of amides is 3. The molecule has 0 aromatic heterocycles. The summed E-state index contributed by atoms with van der Waals surface area (Å²) in [5.74, 6) is -1.04. The molecule has 3 rings (SSSR count). The van der Waals surface area contributed by atoms with Gasteiger partial charge in [0.1, 0.15) is 6.04 Å². The Bertz CT molecular complexity index is 937. The number of carbonyl (C=O) groups is 3. The third-order valence-corrected chi connectivity index (χ3v) is 5.13. The molecule has 0 saturated carbocycles. The lowest BCUT2D eigenvalue weighted by atomic mass is 9.91. The molecule has 158 valence electrons. The van der Waals surface area contributed by atoms with E-state index in [2.05, 4.69) is 10.5 Å². The average Bonchev–Trinajstić information content (AvgIpc) is 3.31. The van der Waals surface area contributed by atoms with E-state index in [1.807, 2.05) is 25.1 Å². The van der Waals surface area contributed by atoms with Gasteiger partial charge >= 0.3 is 0 Å². The summed E-state index contributed by atoms with van der Waals surface area (Å²) in [6.45, 7) is 3.93. The molecule has 30 heavy (non-hydrogen) atoms. The normalized spacial score (nSPS) is 23.2. The Morgan fingerprint density at radius 3 is 2.87 bits per heavy atom. The van der Waals surface area contributed by atoms with Gasteiger partial charge in [0.2, 0.25) is 17.7 Å². The Morgan fingerprint density at radius 2 is 2.17 bits per heavy atom. The number of nitrogens with zero attached hydrogens (tertiary/aromatic N) is 2. The van der Waals surface area contributed by atoms with Crippen LogP contribution in [0.25, 0.3) is 0 Å². The average molecular weight is 410 g/mol. The molecule has 1 spiro atoms. The van der Waals surface area contributed by atoms with Crippen molar-refractivity contribution < 1.29 is 19.2 Å². The molecule has 1 fully saturated rings. The highest BCUT2D eigenvalue weighted by Crippen LogP contribution is 2.39. The first-order valence-corrected chi connectivity index (χ1v) is 9.93. The number of primary amides is 1. The second kappa shape index (κ2) is 8.94. The molecule has 1 unspecified atom stereocenters. The van der Waals surface area contributed by atoms with Crippen LogP contribution in [0.5, 0.6) is 0 Å². The predicted molar refractivity (Wildman–Crippen MR) is 114 cm³/mol. The van der Waals surface area contributed by atoms with Crippen LogP contribution in [0.15, 0.2) is 53.7 Å². The first kappa shape index (κ1) is 21.3. The Kier molecular flexibility index (Phi) is 6.34. The Balaban J connectivity index is 1.75. The van der Waals surface area contributed by atoms with Crippen LogP contribution in [0.3, 0.4) is 0 Å². The third kappa shape index (κ3) is 4.59. The highest BCUT2D eigenvalue weighted by atomic mass is 16.7. The third-order valence-electron chi connectivity index (χ3n) is 5.13. The molecule has 2 aliphatic heterocycles. The van der Waals surface area contributed by atoms with Crippen LogP contribution in [0.2, 0.25) is 0 Å². The van der Waals surface area contributed by atoms with Crippen molar-refractivity contribution in [2.75, 3.05) is 11.9 Å². The van der Waals surface area contributed by atoms with Crippen molar-refractivity contribution in [1.29, 1.82) is 0 Å². The second-order valence-electron chi connectivity index (χ2n) is 7.46. The minimum Gasteiger partial charge on any atom is -0.387 e. The maximum atomic E-state index is 12.5. The summed E-state index contributed by atoms with van der Waals surface area (Å²) < 4.78 is 0. The molecule has 0 bridgehead atoms. The van der Waals surface area contributed by atoms with Crippen LogP contribution in [0.1, 0.15) is 38.7 Å². The lowest BCUT2D eigenvalue weighted by Crippen LogP contribution is -2.43. The fourth-order valence-electron chi connectivity index (χ4n) is 3.73. The van der Waals surface area contributed by atoms with Crippen LogP contribution in [0.4, 0.5) is 5.69 Å². The fraction of sp³-hybridized carbons (Fsp3) is 0.364. The summed E-state index contributed by atoms with van der Waals surface area (Å²) in [6.07, 6.45) is 7.76. The van der Waals surface area contributed by atoms with E-state index in [1.54, 1.807) is 25.1 Å². The zero-order chi connectivity index (χ0) is 21.7. The number of nitrogens with two attached hydrogens (primary N) is 1. The monoisotopic (exact) mass is 410 g/mol. The van der Waals surface area contributed by atoms with Gasteiger partial charge in [0.15, 0.2) is 5.60 Å². The van der Waals surface area contributed by atoms with E-state index in [9.17, 15) is 14.4 Å². The topological polar surface area (TPSA) is 114 Å². The number of anilines is 1. The molecule has 1 saturated heterocycles. The molecule has 0 radical (unpaired) electrons. The summed E-state index contributed by atoms with van der Waals surface area (Å²) in [5.41, 5.74) is 6.90. The molecule has 8 nitrogen and oxygen atoms in total. The number of nitrogens with one attached hydrogen (secondary N) is 1. The minimum absolute atomic E-state index is 0.217. The maximum Gasteiger partial charge on any atom is 0.248 e. The molecule has 3 N–H and O–H groups in total. The van der Waals surface area contributed by atoms with Gasteiger partial charge in [-0.2, -0.15) is 0 Å². The van der Waals surface area contributed by atoms with Gasteiger partial charge in [-0.1, -0.05) is 36.4 Å². The zero-order valence-corrected chi connectivity index (χ0v) is 17.1. The molecule has 2 heterocycles. The van der Waals surface area contributed by atoms with Crippen LogP contribution in [-0.2, 0) is 19.2 Å². The molecule has 0 aliphatic carbocycles. The Morgan fingerprint density at radius 1 is 1.37 bits per heavy atom. The maximum absolute atomic E-state index is 12.5. The van der Waals surface area contributed by atoms with E-state index in [4.69, 9.17) is 10.6 Å². The number of hydrogen-bond donors (Lipinski definition) is 2. The molecule has 2 aliphatic rings. The molecule has 1 aromatic rings. The highest BCUT2D eigenvalue weighted by molar-refractivity contribution is 6.04. The van der Waals surface area contributed by atoms with Gasteiger partial charge in [0.05, 0.1) is 12.3 Å². The SMILES string of the molecule is C/C=C\C(=O)Nc1cccc(C2=NOC3(C2)C[C@H](C(N)=O)N(C(=O)/C=C/CC)C3)c1. The number of likely N-dealkylation sites (tertiary alicyclic amines) is 1. The number of benzene rings is 1. The van der Waals surface area contributed by atoms with E-state index in [0.717, 1.165) is 12.0 Å². The van der Waals surface area contributed by atoms with Crippen LogP contribution in [0, 0.1) is 0 Å². The van der Waals surface area contributed by atoms with Crippen molar-refractivity contribution in [2.45, 2.75) is 44.8 Å². The molecular formula is C22H26N4O4. The van der Waals surface area contributed by atoms with Crippen molar-refractivity contribution in [3.05, 3.63) is 54.1 Å². The number of hydrogen-bond acceptors (Lipinski definition) is 5. The Hall–Kier alpha value is -3.42. The lowest BCUT2D eigenvalue weighted by Gasteiger charge is -2.21. The van der Waals surface area contributed by atoms with Crippen LogP contribution in [-0.4, -0.2) is 46.5 Å². The van der Waals surface area contributed by atoms with Gasteiger partial charge in [0.25, 0.3) is 0 Å². The minimum atomic E-state index is -0.783. The van der Waals surface area contributed by atoms with Gasteiger partial charge in [-0.05, 0) is 37.6 Å². The van der Waals surface area contributed by atoms with Gasteiger partial charge in [0, 0.05) is 24.1 Å². The first-order chi connectivity index (χ1) is 14.4. The number of carbonyl (C=O) groups excluding carboxylic acids is 3. The van der Waals surface area contributed by atoms with E-state index in [1.165, 1.54) is 17.1 Å². The van der Waals surface area contributed by atoms with Crippen molar-refractivity contribution in [3.8, 4) is 0 Å². The van der Waals surface area contributed by atoms with E-state index in [-0.39, 0.29) is 18.4 Å². The van der Waals surface area contributed by atoms with Gasteiger partial charge in [-0.15, -0.1) is 0 Å². The smallest absolute Gasteiger partial charge is 0.248 e. The van der Waals surface area contributed by atoms with Crippen molar-refractivity contribution in [2.24, 2.45) is 10.9 Å². The molecular weight excluding hydrogens is 384 g/mol. The summed E-state index contributed by atoms with van der Waals surface area (Å²) in [7, 11) is 0. The van der Waals surface area contributed by atoms with Crippen molar-refractivity contribution in [3.63, 3.8) is 0 Å². The molecule has 2 atom stereocenters. The van der Waals surface area contributed by atoms with Crippen molar-refractivity contribution in [1.82, 2.24) is 4.90 Å². The lowest BCUT2D eigenvalue weighted by molar-refractivity contribution is -0.133. The summed E-state index contributed by atoms with van der Waals surface area (Å²) in [5, 5.41) is 7.02. The number of allylic oxidation sites excluding steroid dienone is 2. The van der Waals surface area contributed by atoms with Gasteiger partial charge in [-0.25, -0.2) is 0 Å². The van der Waals surface area contributed by atoms with Gasteiger partial charge in [-0.3, -0.25) is 14.4 Å².